The molecule has 5 aliphatic rings. The molecule has 0 spiro atoms. The first-order chi connectivity index (χ1) is 22.7. The third kappa shape index (κ3) is 6.36. The molecular weight excluding hydrogens is 622 g/mol. The van der Waals surface area contributed by atoms with E-state index in [-0.39, 0.29) is 46.1 Å². The molecule has 2 saturated heterocycles. The highest BCUT2D eigenvalue weighted by Crippen LogP contribution is 2.45. The van der Waals surface area contributed by atoms with Crippen LogP contribution < -0.4 is 26.7 Å². The summed E-state index contributed by atoms with van der Waals surface area (Å²) >= 11 is 0. The number of aromatic nitrogens is 1. The number of hydrogen-bond acceptors (Lipinski definition) is 8. The zero-order chi connectivity index (χ0) is 34.6. The number of nitrogens with zero attached hydrogens (tertiary/aromatic N) is 3. The van der Waals surface area contributed by atoms with E-state index in [1.165, 1.54) is 23.8 Å². The normalized spacial score (nSPS) is 30.8. The summed E-state index contributed by atoms with van der Waals surface area (Å²) in [6.45, 7) is 8.49. The Morgan fingerprint density at radius 3 is 2.50 bits per heavy atom. The summed E-state index contributed by atoms with van der Waals surface area (Å²) in [5.74, 6) is -1.50. The van der Waals surface area contributed by atoms with Gasteiger partial charge in [-0.15, -0.1) is 0 Å². The topological polar surface area (TPSA) is 163 Å². The smallest absolute Gasteiger partial charge is 0.408 e. The van der Waals surface area contributed by atoms with Crippen LogP contribution in [0.1, 0.15) is 101 Å². The number of nitrogens with one attached hydrogen (secondary N) is 2. The monoisotopic (exact) mass is 668 g/mol. The molecule has 0 unspecified atom stereocenters. The number of benzene rings is 1. The van der Waals surface area contributed by atoms with E-state index in [4.69, 9.17) is 10.5 Å². The van der Waals surface area contributed by atoms with Gasteiger partial charge in [0.05, 0.1) is 28.2 Å². The molecule has 0 bridgehead atoms. The minimum atomic E-state index is -1.48. The van der Waals surface area contributed by atoms with E-state index in [1.807, 2.05) is 26.8 Å². The van der Waals surface area contributed by atoms with Crippen LogP contribution >= 0.6 is 0 Å². The number of anilines is 1. The molecule has 0 radical (unpaired) electrons. The van der Waals surface area contributed by atoms with Crippen molar-refractivity contribution in [3.63, 3.8) is 0 Å². The Bertz CT molecular complexity index is 1720. The van der Waals surface area contributed by atoms with Crippen molar-refractivity contribution in [2.24, 2.45) is 17.6 Å². The zero-order valence-electron chi connectivity index (χ0n) is 27.9. The number of alkyl halides is 1. The van der Waals surface area contributed by atoms with E-state index >= 15 is 4.39 Å². The van der Waals surface area contributed by atoms with Gasteiger partial charge in [0.15, 0.2) is 0 Å². The Balaban J connectivity index is 0.000000200. The molecular formula is C35H46F2N6O5. The summed E-state index contributed by atoms with van der Waals surface area (Å²) < 4.78 is 36.0. The first-order valence-corrected chi connectivity index (χ1v) is 17.1. The number of nitrogens with two attached hydrogens (primary N) is 1. The van der Waals surface area contributed by atoms with E-state index in [0.29, 0.717) is 19.0 Å². The van der Waals surface area contributed by atoms with Crippen molar-refractivity contribution in [3.05, 3.63) is 39.4 Å². The van der Waals surface area contributed by atoms with Gasteiger partial charge in [0.2, 0.25) is 5.43 Å². The quantitative estimate of drug-likeness (QED) is 0.360. The molecule has 5 N–H and O–H groups in total. The maximum atomic E-state index is 15.4. The highest BCUT2D eigenvalue weighted by molar-refractivity contribution is 5.96. The first-order valence-electron chi connectivity index (χ1n) is 17.1. The predicted molar refractivity (Wildman–Crippen MR) is 176 cm³/mol. The molecule has 1 aromatic carbocycles. The molecule has 1 amide bonds. The Hall–Kier alpha value is -3.76. The molecule has 6 atom stereocenters. The van der Waals surface area contributed by atoms with Gasteiger partial charge < -0.3 is 35.7 Å². The lowest BCUT2D eigenvalue weighted by molar-refractivity contribution is 0.0403. The molecule has 2 aliphatic heterocycles. The van der Waals surface area contributed by atoms with Crippen molar-refractivity contribution >= 4 is 28.7 Å². The second kappa shape index (κ2) is 12.6. The van der Waals surface area contributed by atoms with Crippen molar-refractivity contribution in [2.75, 3.05) is 31.1 Å². The second-order valence-electron chi connectivity index (χ2n) is 15.4. The minimum Gasteiger partial charge on any atom is -0.477 e. The van der Waals surface area contributed by atoms with Gasteiger partial charge in [0.1, 0.15) is 34.8 Å². The van der Waals surface area contributed by atoms with Crippen molar-refractivity contribution in [2.45, 2.75) is 107 Å². The van der Waals surface area contributed by atoms with Crippen LogP contribution in [0.25, 0.3) is 10.9 Å². The average molecular weight is 669 g/mol. The molecule has 3 heterocycles. The molecule has 7 rings (SSSR count). The maximum absolute atomic E-state index is 15.4. The number of pyridine rings is 1. The highest BCUT2D eigenvalue weighted by Gasteiger charge is 2.48. The van der Waals surface area contributed by atoms with Crippen molar-refractivity contribution in [1.29, 1.82) is 5.26 Å². The average Bonchev–Trinajstić information content (AvgIpc) is 3.42. The number of hydrogen-bond donors (Lipinski definition) is 4. The lowest BCUT2D eigenvalue weighted by Gasteiger charge is -2.39. The number of rotatable bonds is 4. The molecule has 2 aromatic rings. The lowest BCUT2D eigenvalue weighted by Crippen LogP contribution is -2.56. The van der Waals surface area contributed by atoms with Crippen molar-refractivity contribution in [3.8, 4) is 6.07 Å². The van der Waals surface area contributed by atoms with Crippen LogP contribution in [0.3, 0.4) is 0 Å². The summed E-state index contributed by atoms with van der Waals surface area (Å²) in [5, 5.41) is 25.7. The molecule has 260 valence electrons. The summed E-state index contributed by atoms with van der Waals surface area (Å²) in [4.78, 5) is 38.0. The summed E-state index contributed by atoms with van der Waals surface area (Å²) in [5.41, 5.74) is 4.28. The number of carboxylic acid groups (broad SMARTS) is 1. The largest absolute Gasteiger partial charge is 0.477 e. The summed E-state index contributed by atoms with van der Waals surface area (Å²) in [6.07, 6.45) is 8.32. The zero-order valence-corrected chi connectivity index (χ0v) is 27.9. The Labute approximate surface area is 278 Å². The Morgan fingerprint density at radius 1 is 1.19 bits per heavy atom. The number of carbonyl (C=O) groups excluding carboxylic acids is 1. The minimum absolute atomic E-state index is 0.0550. The third-order valence-electron chi connectivity index (χ3n) is 10.9. The van der Waals surface area contributed by atoms with Crippen LogP contribution in [-0.2, 0) is 4.74 Å². The number of aromatic carboxylic acids is 1. The van der Waals surface area contributed by atoms with E-state index in [2.05, 4.69) is 10.6 Å². The number of amides is 1. The van der Waals surface area contributed by atoms with Gasteiger partial charge in [-0.25, -0.2) is 18.4 Å². The van der Waals surface area contributed by atoms with Crippen LogP contribution in [-0.4, -0.2) is 70.8 Å². The molecule has 5 fully saturated rings. The van der Waals surface area contributed by atoms with E-state index in [1.54, 1.807) is 4.90 Å². The number of nitriles is 1. The Kier molecular flexibility index (Phi) is 8.96. The molecule has 48 heavy (non-hydrogen) atoms. The number of fused-ring (bicyclic) bond motifs is 3. The highest BCUT2D eigenvalue weighted by atomic mass is 19.1. The van der Waals surface area contributed by atoms with Crippen LogP contribution in [0.2, 0.25) is 0 Å². The number of carboxylic acids is 1. The number of halogens is 2. The van der Waals surface area contributed by atoms with Crippen LogP contribution in [0, 0.1) is 29.0 Å². The van der Waals surface area contributed by atoms with Crippen LogP contribution in [0.4, 0.5) is 19.3 Å². The predicted octanol–water partition coefficient (Wildman–Crippen LogP) is 4.74. The van der Waals surface area contributed by atoms with Gasteiger partial charge in [-0.05, 0) is 64.4 Å². The van der Waals surface area contributed by atoms with Gasteiger partial charge in [-0.2, -0.15) is 5.26 Å². The molecule has 13 heteroatoms. The fraction of sp³-hybridized carbons (Fsp3) is 0.657. The molecule has 1 aromatic heterocycles. The lowest BCUT2D eigenvalue weighted by atomic mass is 9.75. The van der Waals surface area contributed by atoms with Crippen LogP contribution in [0.5, 0.6) is 0 Å². The molecule has 3 saturated carbocycles. The van der Waals surface area contributed by atoms with Crippen molar-refractivity contribution in [1.82, 2.24) is 15.2 Å². The number of alkyl carbamates (subject to hydrolysis) is 1. The summed E-state index contributed by atoms with van der Waals surface area (Å²) in [6, 6.07) is 2.31. The van der Waals surface area contributed by atoms with E-state index in [9.17, 15) is 29.1 Å². The Morgan fingerprint density at radius 2 is 1.88 bits per heavy atom. The fourth-order valence-electron chi connectivity index (χ4n) is 8.45. The van der Waals surface area contributed by atoms with Gasteiger partial charge in [-0.3, -0.25) is 4.79 Å². The second-order valence-corrected chi connectivity index (χ2v) is 15.4. The third-order valence-corrected chi connectivity index (χ3v) is 10.9. The number of ether oxygens (including phenoxy) is 1. The standard InChI is InChI=1S/C22H22F2N4O3.C13H24N2O2/c23-15-6-17(15)28-9-14(21(30)31)20(29)12-5-16(24)19(13(7-25)18(12)28)27-8-11-3-1-2-4-22(11,26)10-27;1-12(2,3)17-11(16)15-13-7-5-4-6-10(13)8-14-9-13/h5,9,11,15,17H,1-4,6,8,10,26H2,(H,30,31);10,14H,4-9H2,1-3H3,(H,15,16)/t11-,15-,17+,22+;10-,13+/m00/s1. The maximum Gasteiger partial charge on any atom is 0.408 e. The van der Waals surface area contributed by atoms with E-state index in [0.717, 1.165) is 57.5 Å². The van der Waals surface area contributed by atoms with Gasteiger partial charge in [0.25, 0.3) is 0 Å². The number of carbonyl (C=O) groups is 2. The van der Waals surface area contributed by atoms with Gasteiger partial charge in [-0.1, -0.05) is 25.7 Å². The molecule has 3 aliphatic carbocycles. The van der Waals surface area contributed by atoms with E-state index < -0.39 is 46.1 Å². The SMILES string of the molecule is CC(C)(C)OC(=O)N[C@@]12CCCC[C@H]1CNC2.N#Cc1c(N2C[C@@H]3CCCC[C@@]3(N)C2)c(F)cc2c(=O)c(C(=O)O)cn([C@@H]3C[C@@H]3F)c12. The van der Waals surface area contributed by atoms with Gasteiger partial charge in [0, 0.05) is 44.3 Å². The first kappa shape index (κ1) is 34.1. The molecule has 11 nitrogen and oxygen atoms in total. The van der Waals surface area contributed by atoms with Crippen molar-refractivity contribution < 1.29 is 28.2 Å². The fourth-order valence-corrected chi connectivity index (χ4v) is 8.45. The van der Waals surface area contributed by atoms with Crippen LogP contribution in [0.15, 0.2) is 17.1 Å². The van der Waals surface area contributed by atoms with Gasteiger partial charge >= 0.3 is 12.1 Å². The summed E-state index contributed by atoms with van der Waals surface area (Å²) in [7, 11) is 0.